The van der Waals surface area contributed by atoms with E-state index in [4.69, 9.17) is 5.73 Å². The third kappa shape index (κ3) is 1.30. The maximum Gasteiger partial charge on any atom is 0.239 e. The SMILES string of the molecule is Nc1ncn(-c2nccc3ccccc23)n1. The van der Waals surface area contributed by atoms with Gasteiger partial charge in [-0.1, -0.05) is 24.3 Å². The van der Waals surface area contributed by atoms with E-state index in [0.29, 0.717) is 0 Å². The third-order valence-corrected chi connectivity index (χ3v) is 2.38. The van der Waals surface area contributed by atoms with E-state index in [9.17, 15) is 0 Å². The summed E-state index contributed by atoms with van der Waals surface area (Å²) in [5.74, 6) is 0.983. The lowest BCUT2D eigenvalue weighted by Gasteiger charge is -2.03. The molecule has 3 rings (SSSR count). The Labute approximate surface area is 91.6 Å². The van der Waals surface area contributed by atoms with Crippen LogP contribution in [-0.2, 0) is 0 Å². The van der Waals surface area contributed by atoms with Crippen molar-refractivity contribution in [2.45, 2.75) is 0 Å². The number of pyridine rings is 1. The molecule has 0 amide bonds. The first-order chi connectivity index (χ1) is 7.84. The molecule has 0 bridgehead atoms. The lowest BCUT2D eigenvalue weighted by Crippen LogP contribution is -1.99. The second-order valence-corrected chi connectivity index (χ2v) is 3.40. The Morgan fingerprint density at radius 1 is 1.06 bits per heavy atom. The number of fused-ring (bicyclic) bond motifs is 1. The zero-order valence-electron chi connectivity index (χ0n) is 8.41. The fourth-order valence-corrected chi connectivity index (χ4v) is 1.66. The number of hydrogen-bond acceptors (Lipinski definition) is 4. The molecule has 78 valence electrons. The fourth-order valence-electron chi connectivity index (χ4n) is 1.66. The van der Waals surface area contributed by atoms with Crippen molar-refractivity contribution in [1.29, 1.82) is 0 Å². The Balaban J connectivity index is 2.31. The maximum atomic E-state index is 5.49. The van der Waals surface area contributed by atoms with E-state index in [0.717, 1.165) is 16.6 Å². The standard InChI is InChI=1S/C11H9N5/c12-11-14-7-16(15-11)10-9-4-2-1-3-8(9)5-6-13-10/h1-7H,(H2,12,15). The number of nitrogen functional groups attached to an aromatic ring is 1. The zero-order valence-corrected chi connectivity index (χ0v) is 8.41. The minimum Gasteiger partial charge on any atom is -0.366 e. The van der Waals surface area contributed by atoms with Gasteiger partial charge in [-0.2, -0.15) is 4.68 Å². The Morgan fingerprint density at radius 3 is 2.75 bits per heavy atom. The Hall–Kier alpha value is -2.43. The monoisotopic (exact) mass is 211 g/mol. The number of hydrogen-bond donors (Lipinski definition) is 1. The van der Waals surface area contributed by atoms with Gasteiger partial charge in [0.25, 0.3) is 0 Å². The van der Waals surface area contributed by atoms with Crippen molar-refractivity contribution in [3.05, 3.63) is 42.9 Å². The molecule has 16 heavy (non-hydrogen) atoms. The first-order valence-electron chi connectivity index (χ1n) is 4.86. The smallest absolute Gasteiger partial charge is 0.239 e. The van der Waals surface area contributed by atoms with Crippen molar-refractivity contribution in [2.24, 2.45) is 0 Å². The second-order valence-electron chi connectivity index (χ2n) is 3.40. The molecule has 0 aliphatic heterocycles. The molecule has 0 saturated carbocycles. The van der Waals surface area contributed by atoms with Gasteiger partial charge in [0, 0.05) is 11.6 Å². The van der Waals surface area contributed by atoms with E-state index in [1.54, 1.807) is 17.2 Å². The highest BCUT2D eigenvalue weighted by atomic mass is 15.4. The number of nitrogens with zero attached hydrogens (tertiary/aromatic N) is 4. The van der Waals surface area contributed by atoms with Gasteiger partial charge in [0.05, 0.1) is 0 Å². The van der Waals surface area contributed by atoms with Crippen LogP contribution in [0.4, 0.5) is 5.95 Å². The largest absolute Gasteiger partial charge is 0.366 e. The topological polar surface area (TPSA) is 69.6 Å². The summed E-state index contributed by atoms with van der Waals surface area (Å²) in [4.78, 5) is 8.18. The summed E-state index contributed by atoms with van der Waals surface area (Å²) in [6.07, 6.45) is 3.31. The average molecular weight is 211 g/mol. The molecule has 2 aromatic heterocycles. The molecule has 0 radical (unpaired) electrons. The number of benzene rings is 1. The van der Waals surface area contributed by atoms with E-state index in [1.807, 2.05) is 30.3 Å². The van der Waals surface area contributed by atoms with Crippen molar-refractivity contribution in [3.63, 3.8) is 0 Å². The van der Waals surface area contributed by atoms with E-state index in [1.165, 1.54) is 0 Å². The van der Waals surface area contributed by atoms with Gasteiger partial charge in [-0.15, -0.1) is 5.10 Å². The van der Waals surface area contributed by atoms with Gasteiger partial charge in [0.1, 0.15) is 6.33 Å². The van der Waals surface area contributed by atoms with Crippen molar-refractivity contribution in [2.75, 3.05) is 5.73 Å². The Bertz CT molecular complexity index is 638. The predicted octanol–water partition coefficient (Wildman–Crippen LogP) is 1.40. The Kier molecular flexibility index (Phi) is 1.83. The number of anilines is 1. The predicted molar refractivity (Wildman–Crippen MR) is 61.1 cm³/mol. The van der Waals surface area contributed by atoms with Crippen molar-refractivity contribution in [3.8, 4) is 5.82 Å². The molecule has 0 spiro atoms. The van der Waals surface area contributed by atoms with Gasteiger partial charge in [0.2, 0.25) is 5.95 Å². The lowest BCUT2D eigenvalue weighted by atomic mass is 10.2. The van der Waals surface area contributed by atoms with Crippen LogP contribution < -0.4 is 5.73 Å². The van der Waals surface area contributed by atoms with E-state index in [2.05, 4.69) is 15.1 Å². The molecule has 0 atom stereocenters. The molecule has 2 heterocycles. The van der Waals surface area contributed by atoms with Crippen LogP contribution >= 0.6 is 0 Å². The van der Waals surface area contributed by atoms with E-state index < -0.39 is 0 Å². The van der Waals surface area contributed by atoms with Gasteiger partial charge in [0.15, 0.2) is 5.82 Å². The zero-order chi connectivity index (χ0) is 11.0. The van der Waals surface area contributed by atoms with Crippen LogP contribution in [0.3, 0.4) is 0 Å². The lowest BCUT2D eigenvalue weighted by molar-refractivity contribution is 0.858. The molecule has 2 N–H and O–H groups in total. The van der Waals surface area contributed by atoms with E-state index >= 15 is 0 Å². The molecular formula is C11H9N5. The van der Waals surface area contributed by atoms with Crippen molar-refractivity contribution in [1.82, 2.24) is 19.7 Å². The van der Waals surface area contributed by atoms with Gasteiger partial charge in [-0.05, 0) is 11.5 Å². The first-order valence-corrected chi connectivity index (χ1v) is 4.86. The highest BCUT2D eigenvalue weighted by molar-refractivity contribution is 5.88. The molecule has 0 unspecified atom stereocenters. The third-order valence-electron chi connectivity index (χ3n) is 2.38. The quantitative estimate of drug-likeness (QED) is 0.660. The summed E-state index contributed by atoms with van der Waals surface area (Å²) >= 11 is 0. The summed E-state index contributed by atoms with van der Waals surface area (Å²) < 4.78 is 1.58. The van der Waals surface area contributed by atoms with Crippen LogP contribution in [0.1, 0.15) is 0 Å². The molecule has 5 heteroatoms. The number of rotatable bonds is 1. The molecule has 5 nitrogen and oxygen atoms in total. The minimum atomic E-state index is 0.245. The number of nitrogens with two attached hydrogens (primary N) is 1. The minimum absolute atomic E-state index is 0.245. The summed E-state index contributed by atoms with van der Waals surface area (Å²) in [5, 5.41) is 6.19. The normalized spacial score (nSPS) is 10.8. The molecule has 0 fully saturated rings. The van der Waals surface area contributed by atoms with Gasteiger partial charge in [-0.25, -0.2) is 9.97 Å². The van der Waals surface area contributed by atoms with Crippen LogP contribution in [0.2, 0.25) is 0 Å². The van der Waals surface area contributed by atoms with Crippen LogP contribution in [0, 0.1) is 0 Å². The molecule has 0 aliphatic carbocycles. The van der Waals surface area contributed by atoms with Gasteiger partial charge < -0.3 is 5.73 Å². The number of aromatic nitrogens is 4. The molecule has 3 aromatic rings. The van der Waals surface area contributed by atoms with Crippen LogP contribution in [0.15, 0.2) is 42.9 Å². The maximum absolute atomic E-state index is 5.49. The van der Waals surface area contributed by atoms with Crippen LogP contribution in [-0.4, -0.2) is 19.7 Å². The fraction of sp³-hybridized carbons (Fsp3) is 0. The average Bonchev–Trinajstić information content (AvgIpc) is 2.75. The van der Waals surface area contributed by atoms with Crippen molar-refractivity contribution < 1.29 is 0 Å². The summed E-state index contributed by atoms with van der Waals surface area (Å²) in [6.45, 7) is 0. The summed E-state index contributed by atoms with van der Waals surface area (Å²) in [7, 11) is 0. The molecule has 0 saturated heterocycles. The molecule has 0 aliphatic rings. The molecule has 1 aromatic carbocycles. The summed E-state index contributed by atoms with van der Waals surface area (Å²) in [6, 6.07) is 9.94. The molecular weight excluding hydrogens is 202 g/mol. The van der Waals surface area contributed by atoms with Crippen LogP contribution in [0.25, 0.3) is 16.6 Å². The van der Waals surface area contributed by atoms with Crippen molar-refractivity contribution >= 4 is 16.7 Å². The van der Waals surface area contributed by atoms with Crippen LogP contribution in [0.5, 0.6) is 0 Å². The van der Waals surface area contributed by atoms with Gasteiger partial charge in [-0.3, -0.25) is 0 Å². The highest BCUT2D eigenvalue weighted by Gasteiger charge is 2.05. The first kappa shape index (κ1) is 8.84. The van der Waals surface area contributed by atoms with E-state index in [-0.39, 0.29) is 5.95 Å². The second kappa shape index (κ2) is 3.30. The highest BCUT2D eigenvalue weighted by Crippen LogP contribution is 2.18. The van der Waals surface area contributed by atoms with Gasteiger partial charge >= 0.3 is 0 Å². The Morgan fingerprint density at radius 2 is 1.94 bits per heavy atom. The summed E-state index contributed by atoms with van der Waals surface area (Å²) in [5.41, 5.74) is 5.49.